The third-order valence-electron chi connectivity index (χ3n) is 4.97. The number of amides is 1. The molecule has 6 nitrogen and oxygen atoms in total. The molecule has 0 aromatic carbocycles. The molecule has 0 spiro atoms. The number of nitrogens with one attached hydrogen (secondary N) is 1. The Balaban J connectivity index is 2.00. The Labute approximate surface area is 120 Å². The second-order valence-electron chi connectivity index (χ2n) is 6.61. The molecule has 2 unspecified atom stereocenters. The summed E-state index contributed by atoms with van der Waals surface area (Å²) in [5.74, 6) is 0.416. The number of nitrogens with zero attached hydrogens (tertiary/aromatic N) is 2. The van der Waals surface area contributed by atoms with Gasteiger partial charge in [-0.2, -0.15) is 0 Å². The van der Waals surface area contributed by atoms with Gasteiger partial charge < -0.3 is 21.2 Å². The van der Waals surface area contributed by atoms with Crippen LogP contribution < -0.4 is 11.1 Å². The van der Waals surface area contributed by atoms with E-state index in [-0.39, 0.29) is 17.8 Å². The third-order valence-corrected chi connectivity index (χ3v) is 4.97. The Morgan fingerprint density at radius 2 is 2.10 bits per heavy atom. The highest BCUT2D eigenvalue weighted by Crippen LogP contribution is 2.46. The van der Waals surface area contributed by atoms with Crippen molar-refractivity contribution in [3.63, 3.8) is 0 Å². The molecule has 1 amide bonds. The number of carbonyl (C=O) groups is 1. The zero-order valence-corrected chi connectivity index (χ0v) is 12.6. The summed E-state index contributed by atoms with van der Waals surface area (Å²) < 4.78 is 0. The Bertz CT molecular complexity index is 404. The number of piperidine rings is 1. The number of hydrogen-bond acceptors (Lipinski definition) is 4. The van der Waals surface area contributed by atoms with Crippen LogP contribution in [0.15, 0.2) is 5.16 Å². The van der Waals surface area contributed by atoms with Crippen molar-refractivity contribution in [1.82, 2.24) is 10.2 Å². The van der Waals surface area contributed by atoms with Crippen molar-refractivity contribution in [1.29, 1.82) is 0 Å². The molecule has 20 heavy (non-hydrogen) atoms. The van der Waals surface area contributed by atoms with Crippen molar-refractivity contribution in [2.24, 2.45) is 22.2 Å². The number of hydrogen-bond donors (Lipinski definition) is 3. The number of oxime groups is 1. The molecule has 1 aliphatic carbocycles. The minimum atomic E-state index is -0.791. The summed E-state index contributed by atoms with van der Waals surface area (Å²) in [7, 11) is 2.11. The standard InChI is InChI=1S/C14H26N4O2/c1-9-7-14(8-9,12(15)17-20)13(19)16-11-4-5-18(3)10(2)6-11/h9-11,20H,4-8H2,1-3H3,(H2,15,17)(H,16,19). The molecule has 0 aromatic heterocycles. The van der Waals surface area contributed by atoms with Crippen molar-refractivity contribution in [3.8, 4) is 0 Å². The number of amidine groups is 1. The van der Waals surface area contributed by atoms with Gasteiger partial charge in [-0.3, -0.25) is 4.79 Å². The summed E-state index contributed by atoms with van der Waals surface area (Å²) in [6, 6.07) is 0.655. The first-order valence-electron chi connectivity index (χ1n) is 7.38. The number of nitrogens with two attached hydrogens (primary N) is 1. The zero-order valence-electron chi connectivity index (χ0n) is 12.6. The summed E-state index contributed by atoms with van der Waals surface area (Å²) in [6.07, 6.45) is 3.23. The Morgan fingerprint density at radius 1 is 1.45 bits per heavy atom. The van der Waals surface area contributed by atoms with Crippen molar-refractivity contribution in [3.05, 3.63) is 0 Å². The predicted molar refractivity (Wildman–Crippen MR) is 77.5 cm³/mol. The second-order valence-corrected chi connectivity index (χ2v) is 6.61. The normalized spacial score (nSPS) is 39.1. The molecule has 2 fully saturated rings. The van der Waals surface area contributed by atoms with Gasteiger partial charge in [-0.25, -0.2) is 0 Å². The fourth-order valence-electron chi connectivity index (χ4n) is 3.48. The molecule has 0 radical (unpaired) electrons. The van der Waals surface area contributed by atoms with Gasteiger partial charge in [0, 0.05) is 18.6 Å². The van der Waals surface area contributed by atoms with Gasteiger partial charge in [-0.1, -0.05) is 12.1 Å². The van der Waals surface area contributed by atoms with Crippen LogP contribution in [0.1, 0.15) is 39.5 Å². The lowest BCUT2D eigenvalue weighted by molar-refractivity contribution is -0.134. The second kappa shape index (κ2) is 5.60. The van der Waals surface area contributed by atoms with E-state index in [0.717, 1.165) is 19.4 Å². The minimum Gasteiger partial charge on any atom is -0.409 e. The Hall–Kier alpha value is -1.30. The van der Waals surface area contributed by atoms with Gasteiger partial charge in [-0.05, 0) is 45.6 Å². The van der Waals surface area contributed by atoms with Gasteiger partial charge in [0.1, 0.15) is 5.41 Å². The molecule has 6 heteroatoms. The van der Waals surface area contributed by atoms with Gasteiger partial charge >= 0.3 is 0 Å². The predicted octanol–water partition coefficient (Wildman–Crippen LogP) is 0.748. The van der Waals surface area contributed by atoms with E-state index in [1.807, 2.05) is 0 Å². The molecule has 1 saturated carbocycles. The third kappa shape index (κ3) is 2.61. The van der Waals surface area contributed by atoms with Gasteiger partial charge in [0.25, 0.3) is 0 Å². The minimum absolute atomic E-state index is 0.0501. The molecule has 2 rings (SSSR count). The van der Waals surface area contributed by atoms with Crippen molar-refractivity contribution < 1.29 is 10.0 Å². The van der Waals surface area contributed by atoms with E-state index in [4.69, 9.17) is 10.9 Å². The highest BCUT2D eigenvalue weighted by Gasteiger charge is 2.52. The van der Waals surface area contributed by atoms with Crippen LogP contribution in [0.3, 0.4) is 0 Å². The molecule has 2 atom stereocenters. The van der Waals surface area contributed by atoms with Crippen LogP contribution in [0.4, 0.5) is 0 Å². The molecule has 0 bridgehead atoms. The van der Waals surface area contributed by atoms with E-state index in [9.17, 15) is 4.79 Å². The average Bonchev–Trinajstić information content (AvgIpc) is 2.38. The lowest BCUT2D eigenvalue weighted by Gasteiger charge is -2.45. The van der Waals surface area contributed by atoms with Crippen LogP contribution >= 0.6 is 0 Å². The molecule has 2 aliphatic rings. The lowest BCUT2D eigenvalue weighted by Crippen LogP contribution is -2.59. The van der Waals surface area contributed by atoms with Crippen LogP contribution in [0, 0.1) is 11.3 Å². The molecule has 0 aromatic rings. The monoisotopic (exact) mass is 282 g/mol. The van der Waals surface area contributed by atoms with E-state index in [2.05, 4.69) is 36.3 Å². The van der Waals surface area contributed by atoms with Crippen LogP contribution in [0.25, 0.3) is 0 Å². The lowest BCUT2D eigenvalue weighted by atomic mass is 9.61. The molecular formula is C14H26N4O2. The van der Waals surface area contributed by atoms with Crippen molar-refractivity contribution in [2.75, 3.05) is 13.6 Å². The number of carbonyl (C=O) groups excluding carboxylic acids is 1. The molecule has 4 N–H and O–H groups in total. The van der Waals surface area contributed by atoms with E-state index in [1.165, 1.54) is 0 Å². The first-order chi connectivity index (χ1) is 9.39. The maximum Gasteiger partial charge on any atom is 0.234 e. The Kier molecular flexibility index (Phi) is 4.22. The first kappa shape index (κ1) is 15.1. The molecule has 1 saturated heterocycles. The summed E-state index contributed by atoms with van der Waals surface area (Å²) in [5, 5.41) is 15.1. The van der Waals surface area contributed by atoms with Crippen LogP contribution in [0.2, 0.25) is 0 Å². The van der Waals surface area contributed by atoms with Gasteiger partial charge in [-0.15, -0.1) is 0 Å². The van der Waals surface area contributed by atoms with Crippen LogP contribution in [-0.4, -0.2) is 47.5 Å². The fraction of sp³-hybridized carbons (Fsp3) is 0.857. The van der Waals surface area contributed by atoms with Crippen molar-refractivity contribution >= 4 is 11.7 Å². The van der Waals surface area contributed by atoms with Gasteiger partial charge in [0.15, 0.2) is 5.84 Å². The summed E-state index contributed by atoms with van der Waals surface area (Å²) >= 11 is 0. The summed E-state index contributed by atoms with van der Waals surface area (Å²) in [5.41, 5.74) is 4.97. The highest BCUT2D eigenvalue weighted by atomic mass is 16.4. The van der Waals surface area contributed by atoms with Crippen LogP contribution in [-0.2, 0) is 4.79 Å². The maximum atomic E-state index is 12.6. The van der Waals surface area contributed by atoms with E-state index < -0.39 is 5.41 Å². The largest absolute Gasteiger partial charge is 0.409 e. The van der Waals surface area contributed by atoms with E-state index in [1.54, 1.807) is 0 Å². The quantitative estimate of drug-likeness (QED) is 0.308. The summed E-state index contributed by atoms with van der Waals surface area (Å²) in [6.45, 7) is 5.23. The SMILES string of the molecule is CC1CC(C(=O)NC2CCN(C)C(C)C2)(C(N)=NO)C1. The van der Waals surface area contributed by atoms with Crippen molar-refractivity contribution in [2.45, 2.75) is 51.6 Å². The topological polar surface area (TPSA) is 91.0 Å². The average molecular weight is 282 g/mol. The molecular weight excluding hydrogens is 256 g/mol. The molecule has 114 valence electrons. The van der Waals surface area contributed by atoms with E-state index >= 15 is 0 Å². The Morgan fingerprint density at radius 3 is 2.60 bits per heavy atom. The summed E-state index contributed by atoms with van der Waals surface area (Å²) in [4.78, 5) is 14.9. The number of rotatable bonds is 3. The maximum absolute atomic E-state index is 12.6. The smallest absolute Gasteiger partial charge is 0.234 e. The number of likely N-dealkylation sites (tertiary alicyclic amines) is 1. The van der Waals surface area contributed by atoms with Crippen LogP contribution in [0.5, 0.6) is 0 Å². The van der Waals surface area contributed by atoms with Gasteiger partial charge in [0.2, 0.25) is 5.91 Å². The molecule has 1 heterocycles. The fourth-order valence-corrected chi connectivity index (χ4v) is 3.48. The highest BCUT2D eigenvalue weighted by molar-refractivity contribution is 6.07. The zero-order chi connectivity index (χ0) is 14.9. The van der Waals surface area contributed by atoms with Gasteiger partial charge in [0.05, 0.1) is 0 Å². The first-order valence-corrected chi connectivity index (χ1v) is 7.38. The van der Waals surface area contributed by atoms with E-state index in [0.29, 0.717) is 24.8 Å². The molecule has 1 aliphatic heterocycles.